The third kappa shape index (κ3) is 4.66. The van der Waals surface area contributed by atoms with Gasteiger partial charge < -0.3 is 15.6 Å². The number of nitrogens with two attached hydrogens (primary N) is 1. The highest BCUT2D eigenvalue weighted by Gasteiger charge is 2.24. The van der Waals surface area contributed by atoms with Crippen LogP contribution in [0.1, 0.15) is 44.2 Å². The first kappa shape index (κ1) is 22.7. The van der Waals surface area contributed by atoms with Gasteiger partial charge in [0, 0.05) is 29.5 Å². The minimum atomic E-state index is -0.539. The summed E-state index contributed by atoms with van der Waals surface area (Å²) < 4.78 is 15.5. The van der Waals surface area contributed by atoms with Crippen molar-refractivity contribution >= 4 is 39.3 Å². The summed E-state index contributed by atoms with van der Waals surface area (Å²) in [6.45, 7) is 2.56. The molecular formula is C23H29ClFN5O2. The van der Waals surface area contributed by atoms with Crippen LogP contribution in [0.2, 0.25) is 0 Å². The van der Waals surface area contributed by atoms with E-state index >= 15 is 0 Å². The van der Waals surface area contributed by atoms with E-state index in [1.165, 1.54) is 12.1 Å². The zero-order chi connectivity index (χ0) is 22.8. The molecule has 2 heterocycles. The molecule has 0 aliphatic heterocycles. The molecule has 1 unspecified atom stereocenters. The highest BCUT2D eigenvalue weighted by molar-refractivity contribution is 6.20. The van der Waals surface area contributed by atoms with Crippen molar-refractivity contribution in [1.82, 2.24) is 20.1 Å². The number of hydrogen-bond acceptors (Lipinski definition) is 4. The van der Waals surface area contributed by atoms with E-state index in [1.807, 2.05) is 0 Å². The number of hydrogen-bond donors (Lipinski definition) is 3. The Hall–Kier alpha value is -2.45. The number of halogens is 2. The van der Waals surface area contributed by atoms with Crippen LogP contribution in [-0.4, -0.2) is 38.6 Å². The molecule has 1 aliphatic carbocycles. The molecule has 1 saturated carbocycles. The molecule has 7 nitrogen and oxygen atoms in total. The number of nitrogens with zero attached hydrogens (tertiary/aromatic N) is 2. The monoisotopic (exact) mass is 461 g/mol. The lowest BCUT2D eigenvalue weighted by Gasteiger charge is -2.26. The number of rotatable bonds is 7. The fourth-order valence-corrected chi connectivity index (χ4v) is 4.94. The molecule has 1 fully saturated rings. The first-order chi connectivity index (χ1) is 15.3. The molecule has 0 bridgehead atoms. The minimum Gasteiger partial charge on any atom is -0.355 e. The van der Waals surface area contributed by atoms with Crippen molar-refractivity contribution in [3.8, 4) is 0 Å². The van der Waals surface area contributed by atoms with Gasteiger partial charge in [-0.25, -0.2) is 4.39 Å². The SMILES string of the molecule is Cc1[nH]nc2c1c(=O)n(CCCNC(=O)C(N)CC1CCC(Cl)CC1)c1ccc(F)cc21. The number of aryl methyl sites for hydroxylation is 2. The lowest BCUT2D eigenvalue weighted by Crippen LogP contribution is -2.42. The highest BCUT2D eigenvalue weighted by atomic mass is 35.5. The van der Waals surface area contributed by atoms with E-state index in [9.17, 15) is 14.0 Å². The molecule has 172 valence electrons. The molecule has 0 radical (unpaired) electrons. The van der Waals surface area contributed by atoms with Gasteiger partial charge in [0.25, 0.3) is 5.56 Å². The number of aromatic amines is 1. The van der Waals surface area contributed by atoms with Crippen LogP contribution in [0.4, 0.5) is 4.39 Å². The molecule has 0 spiro atoms. The Morgan fingerprint density at radius 3 is 2.88 bits per heavy atom. The number of carbonyl (C=O) groups is 1. The van der Waals surface area contributed by atoms with E-state index in [2.05, 4.69) is 15.5 Å². The summed E-state index contributed by atoms with van der Waals surface area (Å²) in [6.07, 6.45) is 5.21. The largest absolute Gasteiger partial charge is 0.355 e. The van der Waals surface area contributed by atoms with Gasteiger partial charge in [-0.1, -0.05) is 0 Å². The second-order valence-electron chi connectivity index (χ2n) is 8.80. The maximum atomic E-state index is 13.9. The first-order valence-corrected chi connectivity index (χ1v) is 11.6. The molecule has 3 aromatic rings. The molecule has 2 aromatic heterocycles. The predicted molar refractivity (Wildman–Crippen MR) is 124 cm³/mol. The molecule has 1 amide bonds. The van der Waals surface area contributed by atoms with E-state index < -0.39 is 6.04 Å². The van der Waals surface area contributed by atoms with Crippen LogP contribution >= 0.6 is 11.6 Å². The van der Waals surface area contributed by atoms with Gasteiger partial charge in [0.15, 0.2) is 0 Å². The van der Waals surface area contributed by atoms with Gasteiger partial charge in [-0.15, -0.1) is 11.6 Å². The standard InChI is InChI=1S/C23H29ClFN5O2/c1-13-20-21(29-28-13)17-12-16(25)7-8-19(17)30(23(20)32)10-2-9-27-22(31)18(26)11-14-3-5-15(24)6-4-14/h7-8,12,14-15,18H,2-6,9-11,26H2,1H3,(H,27,31)(H,28,29). The highest BCUT2D eigenvalue weighted by Crippen LogP contribution is 2.30. The number of pyridine rings is 1. The zero-order valence-electron chi connectivity index (χ0n) is 18.2. The number of nitrogens with one attached hydrogen (secondary N) is 2. The predicted octanol–water partition coefficient (Wildman–Crippen LogP) is 3.35. The van der Waals surface area contributed by atoms with Crippen molar-refractivity contribution in [3.05, 3.63) is 40.1 Å². The van der Waals surface area contributed by atoms with E-state index in [-0.39, 0.29) is 22.7 Å². The fourth-order valence-electron chi connectivity index (χ4n) is 4.69. The zero-order valence-corrected chi connectivity index (χ0v) is 18.9. The number of H-pyrrole nitrogens is 1. The third-order valence-electron chi connectivity index (χ3n) is 6.47. The first-order valence-electron chi connectivity index (χ1n) is 11.2. The van der Waals surface area contributed by atoms with Gasteiger partial charge in [-0.3, -0.25) is 14.7 Å². The van der Waals surface area contributed by atoms with Gasteiger partial charge >= 0.3 is 0 Å². The third-order valence-corrected chi connectivity index (χ3v) is 6.91. The lowest BCUT2D eigenvalue weighted by atomic mass is 9.84. The molecule has 9 heteroatoms. The summed E-state index contributed by atoms with van der Waals surface area (Å²) >= 11 is 6.15. The van der Waals surface area contributed by atoms with Crippen molar-refractivity contribution in [2.24, 2.45) is 11.7 Å². The number of aromatic nitrogens is 3. The Labute approximate surface area is 190 Å². The molecule has 4 rings (SSSR count). The van der Waals surface area contributed by atoms with E-state index in [1.54, 1.807) is 17.6 Å². The average Bonchev–Trinajstić information content (AvgIpc) is 3.16. The van der Waals surface area contributed by atoms with Crippen molar-refractivity contribution in [2.45, 2.75) is 63.4 Å². The summed E-state index contributed by atoms with van der Waals surface area (Å²) in [6, 6.07) is 3.79. The molecular weight excluding hydrogens is 433 g/mol. The van der Waals surface area contributed by atoms with Gasteiger partial charge in [0.2, 0.25) is 5.91 Å². The number of carbonyl (C=O) groups excluding carboxylic acids is 1. The fraction of sp³-hybridized carbons (Fsp3) is 0.522. The van der Waals surface area contributed by atoms with Crippen molar-refractivity contribution in [3.63, 3.8) is 0 Å². The summed E-state index contributed by atoms with van der Waals surface area (Å²) in [5.74, 6) is -0.107. The minimum absolute atomic E-state index is 0.168. The van der Waals surface area contributed by atoms with Gasteiger partial charge in [0.1, 0.15) is 11.3 Å². The number of benzene rings is 1. The van der Waals surface area contributed by atoms with Crippen molar-refractivity contribution in [1.29, 1.82) is 0 Å². The van der Waals surface area contributed by atoms with Crippen LogP contribution in [0.3, 0.4) is 0 Å². The second kappa shape index (κ2) is 9.58. The average molecular weight is 462 g/mol. The molecule has 4 N–H and O–H groups in total. The Morgan fingerprint density at radius 2 is 2.12 bits per heavy atom. The lowest BCUT2D eigenvalue weighted by molar-refractivity contribution is -0.122. The van der Waals surface area contributed by atoms with Gasteiger partial charge in [0.05, 0.1) is 16.9 Å². The van der Waals surface area contributed by atoms with Crippen molar-refractivity contribution < 1.29 is 9.18 Å². The topological polar surface area (TPSA) is 106 Å². The van der Waals surface area contributed by atoms with E-state index in [4.69, 9.17) is 17.3 Å². The smallest absolute Gasteiger partial charge is 0.262 e. The molecule has 1 aliphatic rings. The maximum absolute atomic E-state index is 13.9. The Bertz CT molecular complexity index is 1180. The summed E-state index contributed by atoms with van der Waals surface area (Å²) in [7, 11) is 0. The van der Waals surface area contributed by atoms with E-state index in [0.29, 0.717) is 59.3 Å². The van der Waals surface area contributed by atoms with Crippen LogP contribution in [0.15, 0.2) is 23.0 Å². The molecule has 1 atom stereocenters. The van der Waals surface area contributed by atoms with Gasteiger partial charge in [-0.05, 0) is 69.6 Å². The van der Waals surface area contributed by atoms with Crippen LogP contribution in [0.25, 0.3) is 21.8 Å². The van der Waals surface area contributed by atoms with Gasteiger partial charge in [-0.2, -0.15) is 5.10 Å². The molecule has 32 heavy (non-hydrogen) atoms. The number of amides is 1. The van der Waals surface area contributed by atoms with Crippen LogP contribution in [0, 0.1) is 18.7 Å². The van der Waals surface area contributed by atoms with Crippen LogP contribution < -0.4 is 16.6 Å². The Balaban J connectivity index is 1.40. The van der Waals surface area contributed by atoms with Crippen molar-refractivity contribution in [2.75, 3.05) is 6.54 Å². The number of alkyl halides is 1. The summed E-state index contributed by atoms with van der Waals surface area (Å²) in [4.78, 5) is 25.5. The maximum Gasteiger partial charge on any atom is 0.262 e. The summed E-state index contributed by atoms with van der Waals surface area (Å²) in [5.41, 5.74) is 7.67. The second-order valence-corrected chi connectivity index (χ2v) is 9.41. The molecule has 0 saturated heterocycles. The van der Waals surface area contributed by atoms with E-state index in [0.717, 1.165) is 25.7 Å². The van der Waals surface area contributed by atoms with Crippen LogP contribution in [0.5, 0.6) is 0 Å². The van der Waals surface area contributed by atoms with Crippen LogP contribution in [-0.2, 0) is 11.3 Å². The Morgan fingerprint density at radius 1 is 1.38 bits per heavy atom. The normalized spacial score (nSPS) is 20.0. The quantitative estimate of drug-likeness (QED) is 0.370. The molecule has 1 aromatic carbocycles. The summed E-state index contributed by atoms with van der Waals surface area (Å²) in [5, 5.41) is 11.2. The number of fused-ring (bicyclic) bond motifs is 3. The Kier molecular flexibility index (Phi) is 6.81.